The molecule has 0 heterocycles. The van der Waals surface area contributed by atoms with Gasteiger partial charge in [-0.1, -0.05) is 49.7 Å². The van der Waals surface area contributed by atoms with Crippen molar-refractivity contribution < 1.29 is 0 Å². The van der Waals surface area contributed by atoms with E-state index in [4.69, 9.17) is 5.26 Å². The number of nitrogens with zero attached hydrogens (tertiary/aromatic N) is 1. The van der Waals surface area contributed by atoms with Crippen LogP contribution < -0.4 is 10.9 Å². The number of unbranched alkanes of at least 4 members (excludes halogenated alkanes) is 1. The Bertz CT molecular complexity index is 623. The summed E-state index contributed by atoms with van der Waals surface area (Å²) in [5.41, 5.74) is 11.1. The van der Waals surface area contributed by atoms with Gasteiger partial charge >= 0.3 is 0 Å². The Morgan fingerprint density at radius 1 is 1.00 bits per heavy atom. The van der Waals surface area contributed by atoms with Crippen molar-refractivity contribution in [2.75, 3.05) is 0 Å². The molecule has 0 aliphatic rings. The standard InChI is InChI=1S/C20H25N3/c1-3-4-5-17-6-8-19(9-7-17)15-22-23-16(2)20-12-10-18(14-21)11-13-20/h6-13,16,22-23H,3-5,15H2,1-2H3/t16-/m0/s1. The van der Waals surface area contributed by atoms with Crippen molar-refractivity contribution >= 4 is 0 Å². The predicted molar refractivity (Wildman–Crippen MR) is 94.6 cm³/mol. The minimum absolute atomic E-state index is 0.187. The monoisotopic (exact) mass is 307 g/mol. The van der Waals surface area contributed by atoms with E-state index < -0.39 is 0 Å². The Morgan fingerprint density at radius 3 is 2.26 bits per heavy atom. The van der Waals surface area contributed by atoms with Gasteiger partial charge in [-0.15, -0.1) is 0 Å². The SMILES string of the molecule is CCCCc1ccc(CNN[C@@H](C)c2ccc(C#N)cc2)cc1. The highest BCUT2D eigenvalue weighted by molar-refractivity contribution is 5.32. The number of hydrogen-bond donors (Lipinski definition) is 2. The molecule has 3 heteroatoms. The lowest BCUT2D eigenvalue weighted by molar-refractivity contribution is 0.460. The van der Waals surface area contributed by atoms with Gasteiger partial charge in [0.2, 0.25) is 0 Å². The van der Waals surface area contributed by atoms with Gasteiger partial charge in [0.05, 0.1) is 11.6 Å². The van der Waals surface area contributed by atoms with Crippen LogP contribution in [0, 0.1) is 11.3 Å². The summed E-state index contributed by atoms with van der Waals surface area (Å²) in [5, 5.41) is 8.82. The molecule has 0 aromatic heterocycles. The van der Waals surface area contributed by atoms with Crippen molar-refractivity contribution in [3.63, 3.8) is 0 Å². The first-order chi connectivity index (χ1) is 11.2. The molecule has 23 heavy (non-hydrogen) atoms. The second kappa shape index (κ2) is 9.09. The normalized spacial score (nSPS) is 11.9. The molecule has 0 aliphatic carbocycles. The van der Waals surface area contributed by atoms with Gasteiger partial charge in [0.15, 0.2) is 0 Å². The third-order valence-corrected chi connectivity index (χ3v) is 3.99. The average molecular weight is 307 g/mol. The summed E-state index contributed by atoms with van der Waals surface area (Å²) in [7, 11) is 0. The Morgan fingerprint density at radius 2 is 1.65 bits per heavy atom. The first kappa shape index (κ1) is 17.2. The van der Waals surface area contributed by atoms with Crippen molar-refractivity contribution in [2.45, 2.75) is 45.7 Å². The van der Waals surface area contributed by atoms with E-state index in [1.54, 1.807) is 0 Å². The van der Waals surface area contributed by atoms with Crippen molar-refractivity contribution in [1.29, 1.82) is 5.26 Å². The molecule has 120 valence electrons. The molecular weight excluding hydrogens is 282 g/mol. The number of nitriles is 1. The quantitative estimate of drug-likeness (QED) is 0.717. The van der Waals surface area contributed by atoms with E-state index in [0.29, 0.717) is 5.56 Å². The van der Waals surface area contributed by atoms with Crippen molar-refractivity contribution in [3.05, 3.63) is 70.8 Å². The maximum absolute atomic E-state index is 8.82. The topological polar surface area (TPSA) is 47.8 Å². The molecule has 2 rings (SSSR count). The summed E-state index contributed by atoms with van der Waals surface area (Å²) in [6, 6.07) is 18.8. The smallest absolute Gasteiger partial charge is 0.0991 e. The van der Waals surface area contributed by atoms with Crippen LogP contribution in [0.25, 0.3) is 0 Å². The molecule has 0 saturated carbocycles. The van der Waals surface area contributed by atoms with E-state index in [1.807, 2.05) is 24.3 Å². The van der Waals surface area contributed by atoms with Crippen LogP contribution in [0.15, 0.2) is 48.5 Å². The van der Waals surface area contributed by atoms with Crippen LogP contribution in [-0.2, 0) is 13.0 Å². The molecule has 3 nitrogen and oxygen atoms in total. The molecule has 0 bridgehead atoms. The van der Waals surface area contributed by atoms with Crippen molar-refractivity contribution in [1.82, 2.24) is 10.9 Å². The van der Waals surface area contributed by atoms with Gasteiger partial charge in [-0.3, -0.25) is 10.9 Å². The van der Waals surface area contributed by atoms with Gasteiger partial charge in [0, 0.05) is 12.6 Å². The number of rotatable bonds is 8. The number of hydrogen-bond acceptors (Lipinski definition) is 3. The lowest BCUT2D eigenvalue weighted by atomic mass is 10.1. The molecule has 0 saturated heterocycles. The highest BCUT2D eigenvalue weighted by Gasteiger charge is 2.04. The largest absolute Gasteiger partial charge is 0.253 e. The van der Waals surface area contributed by atoms with Gasteiger partial charge < -0.3 is 0 Å². The highest BCUT2D eigenvalue weighted by Crippen LogP contribution is 2.12. The van der Waals surface area contributed by atoms with Crippen LogP contribution in [0.2, 0.25) is 0 Å². The van der Waals surface area contributed by atoms with Crippen LogP contribution in [0.4, 0.5) is 0 Å². The summed E-state index contributed by atoms with van der Waals surface area (Å²) in [5.74, 6) is 0. The zero-order chi connectivity index (χ0) is 16.5. The molecule has 0 fully saturated rings. The number of benzene rings is 2. The van der Waals surface area contributed by atoms with Gasteiger partial charge in [-0.05, 0) is 48.6 Å². The van der Waals surface area contributed by atoms with Gasteiger partial charge in [0.25, 0.3) is 0 Å². The van der Waals surface area contributed by atoms with Crippen LogP contribution in [0.3, 0.4) is 0 Å². The number of aryl methyl sites for hydroxylation is 1. The Hall–Kier alpha value is -2.15. The number of hydrazine groups is 1. The second-order valence-corrected chi connectivity index (χ2v) is 5.87. The van der Waals surface area contributed by atoms with Crippen LogP contribution >= 0.6 is 0 Å². The molecule has 2 aromatic carbocycles. The van der Waals surface area contributed by atoms with E-state index in [0.717, 1.165) is 18.5 Å². The summed E-state index contributed by atoms with van der Waals surface area (Å²) in [6.07, 6.45) is 3.65. The maximum atomic E-state index is 8.82. The molecule has 2 N–H and O–H groups in total. The van der Waals surface area contributed by atoms with E-state index in [-0.39, 0.29) is 6.04 Å². The lowest BCUT2D eigenvalue weighted by Crippen LogP contribution is -2.33. The minimum Gasteiger partial charge on any atom is -0.253 e. The molecule has 0 unspecified atom stereocenters. The Kier molecular flexibility index (Phi) is 6.80. The van der Waals surface area contributed by atoms with Gasteiger partial charge in [-0.2, -0.15) is 5.26 Å². The summed E-state index contributed by atoms with van der Waals surface area (Å²) in [6.45, 7) is 5.11. The lowest BCUT2D eigenvalue weighted by Gasteiger charge is -2.15. The Labute approximate surface area is 139 Å². The van der Waals surface area contributed by atoms with E-state index >= 15 is 0 Å². The average Bonchev–Trinajstić information content (AvgIpc) is 2.61. The maximum Gasteiger partial charge on any atom is 0.0991 e. The number of nitrogens with one attached hydrogen (secondary N) is 2. The fourth-order valence-corrected chi connectivity index (χ4v) is 2.44. The molecule has 0 radical (unpaired) electrons. The third kappa shape index (κ3) is 5.52. The van der Waals surface area contributed by atoms with Crippen molar-refractivity contribution in [3.8, 4) is 6.07 Å². The van der Waals surface area contributed by atoms with Gasteiger partial charge in [0.1, 0.15) is 0 Å². The zero-order valence-electron chi connectivity index (χ0n) is 14.0. The van der Waals surface area contributed by atoms with Crippen molar-refractivity contribution in [2.24, 2.45) is 0 Å². The van der Waals surface area contributed by atoms with Gasteiger partial charge in [-0.25, -0.2) is 0 Å². The highest BCUT2D eigenvalue weighted by atomic mass is 15.4. The molecule has 0 aliphatic heterocycles. The van der Waals surface area contributed by atoms with E-state index in [2.05, 4.69) is 55.0 Å². The van der Waals surface area contributed by atoms with E-state index in [9.17, 15) is 0 Å². The zero-order valence-corrected chi connectivity index (χ0v) is 14.0. The molecule has 0 spiro atoms. The van der Waals surface area contributed by atoms with Crippen LogP contribution in [0.1, 0.15) is 55.0 Å². The molecule has 0 amide bonds. The minimum atomic E-state index is 0.187. The second-order valence-electron chi connectivity index (χ2n) is 5.87. The van der Waals surface area contributed by atoms with Crippen LogP contribution in [0.5, 0.6) is 0 Å². The summed E-state index contributed by atoms with van der Waals surface area (Å²) >= 11 is 0. The van der Waals surface area contributed by atoms with E-state index in [1.165, 1.54) is 24.0 Å². The summed E-state index contributed by atoms with van der Waals surface area (Å²) < 4.78 is 0. The fraction of sp³-hybridized carbons (Fsp3) is 0.350. The molecular formula is C20H25N3. The first-order valence-electron chi connectivity index (χ1n) is 8.29. The third-order valence-electron chi connectivity index (χ3n) is 3.99. The summed E-state index contributed by atoms with van der Waals surface area (Å²) in [4.78, 5) is 0. The molecule has 2 aromatic rings. The van der Waals surface area contributed by atoms with Crippen LogP contribution in [-0.4, -0.2) is 0 Å². The fourth-order valence-electron chi connectivity index (χ4n) is 2.44. The Balaban J connectivity index is 1.78. The first-order valence-corrected chi connectivity index (χ1v) is 8.29. The molecule has 1 atom stereocenters. The predicted octanol–water partition coefficient (Wildman–Crippen LogP) is 4.26.